The van der Waals surface area contributed by atoms with Crippen LogP contribution in [0.1, 0.15) is 183 Å². The van der Waals surface area contributed by atoms with Gasteiger partial charge in [0.2, 0.25) is 11.8 Å². The molecule has 2 aliphatic rings. The van der Waals surface area contributed by atoms with E-state index in [1.54, 1.807) is 34.1 Å². The number of hydrogen-bond donors (Lipinski definition) is 0. The number of likely N-dealkylation sites (N-methyl/N-ethyl adjacent to an activating group) is 2. The minimum Gasteiger partial charge on any atom is -0.457 e. The monoisotopic (exact) mass is 1300 g/mol. The number of carbonyl (C=O) groups is 6. The number of amides is 6. The molecule has 488 valence electrons. The molecule has 16 heteroatoms. The average Bonchev–Trinajstić information content (AvgIpc) is 0.672. The molecule has 0 spiro atoms. The predicted octanol–water partition coefficient (Wildman–Crippen LogP) is 18.6. The number of ether oxygens (including phenoxy) is 4. The van der Waals surface area contributed by atoms with Gasteiger partial charge in [-0.05, 0) is 183 Å². The first kappa shape index (κ1) is 66.8. The van der Waals surface area contributed by atoms with Crippen molar-refractivity contribution >= 4 is 102 Å². The van der Waals surface area contributed by atoms with Gasteiger partial charge in [-0.2, -0.15) is 23.5 Å². The van der Waals surface area contributed by atoms with Crippen LogP contribution in [0, 0.1) is 0 Å². The Labute approximate surface area is 559 Å². The van der Waals surface area contributed by atoms with E-state index in [1.165, 1.54) is 23.5 Å². The fraction of sp³-hybridized carbons (Fsp3) is 0.359. The summed E-state index contributed by atoms with van der Waals surface area (Å²) in [6.07, 6.45) is 4.23. The van der Waals surface area contributed by atoms with Crippen molar-refractivity contribution in [1.29, 1.82) is 0 Å². The van der Waals surface area contributed by atoms with Gasteiger partial charge in [0, 0.05) is 69.3 Å². The molecule has 2 atom stereocenters. The van der Waals surface area contributed by atoms with Gasteiger partial charge in [0.25, 0.3) is 23.6 Å². The molecule has 14 nitrogen and oxygen atoms in total. The molecule has 6 amide bonds. The standard InChI is InChI=1S/C78H84N4O10S2/c1-15-79(16-2)77(87)59(35-37-93-13)81-73(83)55-39-61(89-51-27-19-47(20-28-51)43(5)6)67-69-63(91-53-31-23-49(24-32-53)45(9)10)41-57-66-58(76(86)82(75(57)85)60(36-38-94-14)78(88)80(17-3)18-4)42-64(92-54-33-25-50(26-34-54)46(11)12)70(72(66)69)68-62(40-56(74(81)84)65(55)71(67)68)90-52-29-21-48(22-30-52)44(7)8/h19-34,39-46,59-60H,15-18,35-38H2,1-14H3. The van der Waals surface area contributed by atoms with Crippen molar-refractivity contribution < 1.29 is 47.7 Å². The third kappa shape index (κ3) is 12.2. The molecule has 0 fully saturated rings. The molecule has 11 rings (SSSR count). The first-order valence-corrected chi connectivity index (χ1v) is 35.8. The molecular formula is C78H84N4O10S2. The Morgan fingerprint density at radius 2 is 0.585 bits per heavy atom. The van der Waals surface area contributed by atoms with Crippen LogP contribution in [0.5, 0.6) is 46.0 Å². The molecule has 0 saturated heterocycles. The van der Waals surface area contributed by atoms with Gasteiger partial charge in [0.05, 0.1) is 22.3 Å². The molecule has 2 heterocycles. The first-order chi connectivity index (χ1) is 45.2. The van der Waals surface area contributed by atoms with E-state index in [0.29, 0.717) is 93.0 Å². The lowest BCUT2D eigenvalue weighted by atomic mass is 9.80. The Bertz CT molecular complexity index is 3870. The van der Waals surface area contributed by atoms with Crippen molar-refractivity contribution in [1.82, 2.24) is 19.6 Å². The highest BCUT2D eigenvalue weighted by molar-refractivity contribution is 7.98. The summed E-state index contributed by atoms with van der Waals surface area (Å²) in [5.74, 6) is 0.570. The SMILES string of the molecule is CCN(CC)C(=O)C(CCSC)N1C(=O)c2cc(Oc3ccc(C(C)C)cc3)c3c4c(Oc5ccc(C(C)C)cc5)cc5c6c(cc(Oc7ccc(C(C)C)cc7)c(c7c(Oc8ccc(C(C)C)cc8)cc(c2c37)C1=O)c64)C(=O)N(C(CCSC)C(=O)N(CC)CC)C5=O. The molecule has 0 saturated carbocycles. The number of nitrogens with zero attached hydrogens (tertiary/aromatic N) is 4. The van der Waals surface area contributed by atoms with E-state index in [2.05, 4.69) is 55.4 Å². The Balaban J connectivity index is 1.37. The van der Waals surface area contributed by atoms with Crippen molar-refractivity contribution in [3.05, 3.63) is 166 Å². The summed E-state index contributed by atoms with van der Waals surface area (Å²) < 4.78 is 29.2. The highest BCUT2D eigenvalue weighted by Gasteiger charge is 2.47. The maximum absolute atomic E-state index is 16.2. The molecule has 9 aromatic rings. The van der Waals surface area contributed by atoms with Gasteiger partial charge in [-0.3, -0.25) is 38.6 Å². The highest BCUT2D eigenvalue weighted by atomic mass is 32.2. The Morgan fingerprint density at radius 1 is 0.362 bits per heavy atom. The fourth-order valence-corrected chi connectivity index (χ4v) is 14.2. The van der Waals surface area contributed by atoms with Gasteiger partial charge in [-0.15, -0.1) is 0 Å². The Kier molecular flexibility index (Phi) is 19.7. The zero-order chi connectivity index (χ0) is 67.1. The summed E-state index contributed by atoms with van der Waals surface area (Å²) in [6.45, 7) is 25.8. The molecule has 0 bridgehead atoms. The van der Waals surface area contributed by atoms with Crippen LogP contribution >= 0.6 is 23.5 Å². The molecule has 9 aromatic carbocycles. The highest BCUT2D eigenvalue weighted by Crippen LogP contribution is 2.58. The summed E-state index contributed by atoms with van der Waals surface area (Å²) in [6, 6.07) is 35.2. The van der Waals surface area contributed by atoms with Gasteiger partial charge in [-0.1, -0.05) is 104 Å². The number of fused-ring (bicyclic) bond motifs is 2. The lowest BCUT2D eigenvalue weighted by Crippen LogP contribution is -2.55. The van der Waals surface area contributed by atoms with Crippen LogP contribution in [0.25, 0.3) is 43.1 Å². The topological polar surface area (TPSA) is 152 Å². The second-order valence-corrected chi connectivity index (χ2v) is 27.5. The molecule has 0 radical (unpaired) electrons. The van der Waals surface area contributed by atoms with Gasteiger partial charge < -0.3 is 28.7 Å². The maximum atomic E-state index is 16.2. The number of hydrogen-bond acceptors (Lipinski definition) is 12. The number of carbonyl (C=O) groups excluding carboxylic acids is 6. The number of imide groups is 2. The minimum absolute atomic E-state index is 0.0976. The van der Waals surface area contributed by atoms with Crippen molar-refractivity contribution in [2.45, 2.75) is 132 Å². The minimum atomic E-state index is -1.18. The van der Waals surface area contributed by atoms with Gasteiger partial charge in [0.1, 0.15) is 58.1 Å². The van der Waals surface area contributed by atoms with Crippen molar-refractivity contribution in [2.75, 3.05) is 50.2 Å². The van der Waals surface area contributed by atoms with Crippen LogP contribution in [0.15, 0.2) is 121 Å². The van der Waals surface area contributed by atoms with E-state index in [1.807, 2.05) is 137 Å². The maximum Gasteiger partial charge on any atom is 0.262 e. The van der Waals surface area contributed by atoms with Crippen LogP contribution in [0.2, 0.25) is 0 Å². The molecule has 2 aliphatic heterocycles. The number of benzene rings is 9. The first-order valence-electron chi connectivity index (χ1n) is 33.0. The van der Waals surface area contributed by atoms with Crippen molar-refractivity contribution in [3.8, 4) is 46.0 Å². The average molecular weight is 1300 g/mol. The van der Waals surface area contributed by atoms with Gasteiger partial charge in [-0.25, -0.2) is 0 Å². The van der Waals surface area contributed by atoms with E-state index in [4.69, 9.17) is 18.9 Å². The summed E-state index contributed by atoms with van der Waals surface area (Å²) in [7, 11) is 0. The van der Waals surface area contributed by atoms with E-state index in [9.17, 15) is 9.59 Å². The summed E-state index contributed by atoms with van der Waals surface area (Å²) >= 11 is 3.03. The Hall–Kier alpha value is -8.60. The molecule has 2 unspecified atom stereocenters. The number of thioether (sulfide) groups is 2. The van der Waals surface area contributed by atoms with Crippen molar-refractivity contribution in [3.63, 3.8) is 0 Å². The molecule has 0 N–H and O–H groups in total. The van der Waals surface area contributed by atoms with Crippen LogP contribution in [0.4, 0.5) is 0 Å². The zero-order valence-electron chi connectivity index (χ0n) is 56.4. The zero-order valence-corrected chi connectivity index (χ0v) is 58.0. The summed E-state index contributed by atoms with van der Waals surface area (Å²) in [5, 5.41) is 2.72. The smallest absolute Gasteiger partial charge is 0.262 e. The van der Waals surface area contributed by atoms with Crippen LogP contribution in [0.3, 0.4) is 0 Å². The third-order valence-electron chi connectivity index (χ3n) is 18.6. The fourth-order valence-electron chi connectivity index (χ4n) is 13.3. The van der Waals surface area contributed by atoms with Gasteiger partial charge >= 0.3 is 0 Å². The predicted molar refractivity (Wildman–Crippen MR) is 381 cm³/mol. The van der Waals surface area contributed by atoms with E-state index >= 15 is 19.2 Å². The lowest BCUT2D eigenvalue weighted by Gasteiger charge is -2.37. The van der Waals surface area contributed by atoms with E-state index in [-0.39, 0.29) is 104 Å². The van der Waals surface area contributed by atoms with E-state index in [0.717, 1.165) is 32.1 Å². The molecular weight excluding hydrogens is 1220 g/mol. The number of rotatable bonds is 26. The summed E-state index contributed by atoms with van der Waals surface area (Å²) in [4.78, 5) is 100. The lowest BCUT2D eigenvalue weighted by molar-refractivity contribution is -0.135. The second-order valence-electron chi connectivity index (χ2n) is 25.6. The molecule has 94 heavy (non-hydrogen) atoms. The Morgan fingerprint density at radius 3 is 0.777 bits per heavy atom. The van der Waals surface area contributed by atoms with Crippen LogP contribution in [-0.2, 0) is 9.59 Å². The van der Waals surface area contributed by atoms with Crippen LogP contribution < -0.4 is 18.9 Å². The van der Waals surface area contributed by atoms with Gasteiger partial charge in [0.15, 0.2) is 0 Å². The quantitative estimate of drug-likeness (QED) is 0.0288. The van der Waals surface area contributed by atoms with Crippen LogP contribution in [-0.4, -0.2) is 117 Å². The van der Waals surface area contributed by atoms with Crippen molar-refractivity contribution in [2.24, 2.45) is 0 Å². The molecule has 0 aromatic heterocycles. The third-order valence-corrected chi connectivity index (χ3v) is 19.9. The molecule has 0 aliphatic carbocycles. The normalized spacial score (nSPS) is 13.9. The second kappa shape index (κ2) is 27.8. The largest absolute Gasteiger partial charge is 0.457 e. The van der Waals surface area contributed by atoms with E-state index < -0.39 is 35.7 Å². The summed E-state index contributed by atoms with van der Waals surface area (Å²) in [5.41, 5.74) is 4.64.